The van der Waals surface area contributed by atoms with Gasteiger partial charge in [-0.2, -0.15) is 0 Å². The molecule has 112 valence electrons. The molecule has 1 atom stereocenters. The van der Waals surface area contributed by atoms with Gasteiger partial charge in [-0.15, -0.1) is 0 Å². The monoisotopic (exact) mass is 324 g/mol. The molecule has 1 fully saturated rings. The summed E-state index contributed by atoms with van der Waals surface area (Å²) in [5, 5.41) is 4.98. The Bertz CT molecular complexity index is 626. The van der Waals surface area contributed by atoms with Crippen LogP contribution in [0.25, 0.3) is 0 Å². The fourth-order valence-electron chi connectivity index (χ4n) is 2.69. The number of benzene rings is 1. The highest BCUT2D eigenvalue weighted by atomic mass is 35.5. The minimum Gasteiger partial charge on any atom is -0.369 e. The molecular weight excluding hydrogens is 307 g/mol. The van der Waals surface area contributed by atoms with Crippen LogP contribution in [0.4, 0.5) is 5.69 Å². The Balaban J connectivity index is 1.59. The first-order valence-corrected chi connectivity index (χ1v) is 7.77. The third-order valence-corrected chi connectivity index (χ3v) is 4.46. The van der Waals surface area contributed by atoms with Gasteiger partial charge in [0.25, 0.3) is 0 Å². The van der Waals surface area contributed by atoms with Gasteiger partial charge in [0, 0.05) is 43.9 Å². The summed E-state index contributed by atoms with van der Waals surface area (Å²) in [6.45, 7) is 2.80. The maximum absolute atomic E-state index is 6.28. The van der Waals surface area contributed by atoms with Crippen molar-refractivity contribution in [2.24, 2.45) is 7.05 Å². The Kier molecular flexibility index (Phi) is 4.38. The number of rotatable bonds is 4. The first-order chi connectivity index (χ1) is 10.1. The first kappa shape index (κ1) is 14.7. The van der Waals surface area contributed by atoms with Crippen LogP contribution in [0.1, 0.15) is 12.1 Å². The number of aromatic nitrogens is 2. The van der Waals surface area contributed by atoms with Crippen molar-refractivity contribution in [3.05, 3.63) is 46.5 Å². The van der Waals surface area contributed by atoms with E-state index in [1.54, 1.807) is 6.07 Å². The van der Waals surface area contributed by atoms with Crippen molar-refractivity contribution < 1.29 is 0 Å². The highest BCUT2D eigenvalue weighted by Crippen LogP contribution is 2.31. The number of hydrogen-bond donors (Lipinski definition) is 1. The van der Waals surface area contributed by atoms with E-state index in [4.69, 9.17) is 23.2 Å². The molecule has 1 aliphatic rings. The normalized spacial score (nSPS) is 18.4. The summed E-state index contributed by atoms with van der Waals surface area (Å²) in [5.74, 6) is 0. The molecule has 1 aromatic carbocycles. The SMILES string of the molecule is Cn1cncc1CN[C@@H]1CCN(c2ccc(Cl)cc2Cl)C1. The molecule has 0 saturated carbocycles. The van der Waals surface area contributed by atoms with Crippen LogP contribution in [0.15, 0.2) is 30.7 Å². The van der Waals surface area contributed by atoms with Crippen LogP contribution in [0, 0.1) is 0 Å². The molecule has 2 aromatic rings. The van der Waals surface area contributed by atoms with Gasteiger partial charge in [-0.05, 0) is 24.6 Å². The average molecular weight is 325 g/mol. The summed E-state index contributed by atoms with van der Waals surface area (Å²) >= 11 is 12.2. The lowest BCUT2D eigenvalue weighted by atomic mass is 10.2. The lowest BCUT2D eigenvalue weighted by molar-refractivity contribution is 0.538. The van der Waals surface area contributed by atoms with Gasteiger partial charge < -0.3 is 14.8 Å². The maximum Gasteiger partial charge on any atom is 0.0945 e. The molecule has 1 saturated heterocycles. The van der Waals surface area contributed by atoms with E-state index in [0.29, 0.717) is 11.1 Å². The molecule has 6 heteroatoms. The maximum atomic E-state index is 6.28. The highest BCUT2D eigenvalue weighted by molar-refractivity contribution is 6.36. The summed E-state index contributed by atoms with van der Waals surface area (Å²) in [4.78, 5) is 6.44. The van der Waals surface area contributed by atoms with Crippen molar-refractivity contribution in [1.82, 2.24) is 14.9 Å². The molecule has 4 nitrogen and oxygen atoms in total. The number of aryl methyl sites for hydroxylation is 1. The van der Waals surface area contributed by atoms with Gasteiger partial charge in [-0.1, -0.05) is 23.2 Å². The van der Waals surface area contributed by atoms with E-state index < -0.39 is 0 Å². The number of halogens is 2. The quantitative estimate of drug-likeness (QED) is 0.938. The van der Waals surface area contributed by atoms with E-state index in [1.807, 2.05) is 36.3 Å². The molecule has 2 heterocycles. The van der Waals surface area contributed by atoms with Crippen LogP contribution in [0.3, 0.4) is 0 Å². The smallest absolute Gasteiger partial charge is 0.0945 e. The topological polar surface area (TPSA) is 33.1 Å². The molecule has 21 heavy (non-hydrogen) atoms. The van der Waals surface area contributed by atoms with Crippen molar-refractivity contribution in [3.8, 4) is 0 Å². The Hall–Kier alpha value is -1.23. The van der Waals surface area contributed by atoms with Gasteiger partial charge >= 0.3 is 0 Å². The number of imidazole rings is 1. The number of nitrogens with zero attached hydrogens (tertiary/aromatic N) is 3. The number of hydrogen-bond acceptors (Lipinski definition) is 3. The van der Waals surface area contributed by atoms with Crippen molar-refractivity contribution in [3.63, 3.8) is 0 Å². The zero-order valence-corrected chi connectivity index (χ0v) is 13.4. The molecule has 0 bridgehead atoms. The van der Waals surface area contributed by atoms with E-state index in [-0.39, 0.29) is 0 Å². The summed E-state index contributed by atoms with van der Waals surface area (Å²) in [6, 6.07) is 6.15. The molecule has 1 aromatic heterocycles. The molecule has 0 aliphatic carbocycles. The zero-order valence-electron chi connectivity index (χ0n) is 11.9. The van der Waals surface area contributed by atoms with Crippen LogP contribution in [0.2, 0.25) is 10.0 Å². The molecule has 0 unspecified atom stereocenters. The largest absolute Gasteiger partial charge is 0.369 e. The summed E-state index contributed by atoms with van der Waals surface area (Å²) in [6.07, 6.45) is 4.83. The third-order valence-electron chi connectivity index (χ3n) is 3.93. The van der Waals surface area contributed by atoms with Gasteiger partial charge in [-0.25, -0.2) is 4.98 Å². The second kappa shape index (κ2) is 6.26. The molecule has 0 spiro atoms. The van der Waals surface area contributed by atoms with Crippen LogP contribution in [0.5, 0.6) is 0 Å². The molecule has 3 rings (SSSR count). The molecule has 0 amide bonds. The van der Waals surface area contributed by atoms with E-state index in [9.17, 15) is 0 Å². The Morgan fingerprint density at radius 3 is 2.95 bits per heavy atom. The Labute approximate surface area is 134 Å². The minimum absolute atomic E-state index is 0.464. The second-order valence-corrected chi connectivity index (χ2v) is 6.25. The van der Waals surface area contributed by atoms with Crippen molar-refractivity contribution in [2.45, 2.75) is 19.0 Å². The minimum atomic E-state index is 0.464. The van der Waals surface area contributed by atoms with Crippen LogP contribution >= 0.6 is 23.2 Å². The Morgan fingerprint density at radius 1 is 1.38 bits per heavy atom. The van der Waals surface area contributed by atoms with Crippen molar-refractivity contribution in [1.29, 1.82) is 0 Å². The van der Waals surface area contributed by atoms with Crippen LogP contribution < -0.4 is 10.2 Å². The lowest BCUT2D eigenvalue weighted by Gasteiger charge is -2.20. The average Bonchev–Trinajstić information content (AvgIpc) is 3.05. The predicted molar refractivity (Wildman–Crippen MR) is 87.1 cm³/mol. The van der Waals surface area contributed by atoms with Gasteiger partial charge in [-0.3, -0.25) is 0 Å². The predicted octanol–water partition coefficient (Wildman–Crippen LogP) is 3.10. The summed E-state index contributed by atoms with van der Waals surface area (Å²) < 4.78 is 2.04. The van der Waals surface area contributed by atoms with Gasteiger partial charge in [0.2, 0.25) is 0 Å². The van der Waals surface area contributed by atoms with Crippen LogP contribution in [-0.4, -0.2) is 28.7 Å². The Morgan fingerprint density at radius 2 is 2.24 bits per heavy atom. The second-order valence-electron chi connectivity index (χ2n) is 5.40. The fraction of sp³-hybridized carbons (Fsp3) is 0.400. The standard InChI is InChI=1S/C15H18Cl2N4/c1-20-10-18-7-13(20)8-19-12-4-5-21(9-12)15-3-2-11(16)6-14(15)17/h2-3,6-7,10,12,19H,4-5,8-9H2,1H3/t12-/m1/s1. The van der Waals surface area contributed by atoms with Gasteiger partial charge in [0.1, 0.15) is 0 Å². The zero-order chi connectivity index (χ0) is 14.8. The summed E-state index contributed by atoms with van der Waals surface area (Å²) in [5.41, 5.74) is 2.25. The van der Waals surface area contributed by atoms with Gasteiger partial charge in [0.15, 0.2) is 0 Å². The third kappa shape index (κ3) is 3.34. The van der Waals surface area contributed by atoms with E-state index in [2.05, 4.69) is 15.2 Å². The first-order valence-electron chi connectivity index (χ1n) is 7.02. The van der Waals surface area contributed by atoms with Gasteiger partial charge in [0.05, 0.1) is 22.7 Å². The molecular formula is C15H18Cl2N4. The lowest BCUT2D eigenvalue weighted by Crippen LogP contribution is -2.32. The fourth-order valence-corrected chi connectivity index (χ4v) is 3.22. The highest BCUT2D eigenvalue weighted by Gasteiger charge is 2.23. The molecule has 1 aliphatic heterocycles. The van der Waals surface area contributed by atoms with E-state index in [1.165, 1.54) is 5.69 Å². The van der Waals surface area contributed by atoms with Crippen LogP contribution in [-0.2, 0) is 13.6 Å². The number of anilines is 1. The van der Waals surface area contributed by atoms with E-state index in [0.717, 1.165) is 36.8 Å². The van der Waals surface area contributed by atoms with Crippen molar-refractivity contribution in [2.75, 3.05) is 18.0 Å². The van der Waals surface area contributed by atoms with Crippen molar-refractivity contribution >= 4 is 28.9 Å². The summed E-state index contributed by atoms with van der Waals surface area (Å²) in [7, 11) is 2.01. The molecule has 1 N–H and O–H groups in total. The van der Waals surface area contributed by atoms with E-state index >= 15 is 0 Å². The molecule has 0 radical (unpaired) electrons. The number of nitrogens with one attached hydrogen (secondary N) is 1.